The molecule has 2 heterocycles. The van der Waals surface area contributed by atoms with E-state index in [1.807, 2.05) is 54.9 Å². The quantitative estimate of drug-likeness (QED) is 0.770. The van der Waals surface area contributed by atoms with Crippen LogP contribution < -0.4 is 5.43 Å². The Morgan fingerprint density at radius 1 is 1.10 bits per heavy atom. The maximum atomic E-state index is 9.28. The van der Waals surface area contributed by atoms with Gasteiger partial charge in [-0.25, -0.2) is 4.98 Å². The Hall–Kier alpha value is -2.80. The lowest BCUT2D eigenvalue weighted by Crippen LogP contribution is -2.13. The highest BCUT2D eigenvalue weighted by atomic mass is 15.4. The molecule has 0 aliphatic rings. The highest BCUT2D eigenvalue weighted by Gasteiger charge is 2.07. The van der Waals surface area contributed by atoms with Crippen LogP contribution in [0.15, 0.2) is 42.5 Å². The molecule has 2 aromatic heterocycles. The molecule has 4 heteroatoms. The van der Waals surface area contributed by atoms with Crippen LogP contribution in [-0.4, -0.2) is 9.66 Å². The van der Waals surface area contributed by atoms with Crippen molar-refractivity contribution in [3.05, 3.63) is 59.4 Å². The fraction of sp³-hybridized carbons (Fsp3) is 0.125. The molecule has 4 nitrogen and oxygen atoms in total. The number of fused-ring (bicyclic) bond motifs is 1. The topological polar surface area (TPSA) is 53.6 Å². The number of nitriles is 1. The predicted octanol–water partition coefficient (Wildman–Crippen LogP) is 3.40. The minimum atomic E-state index is 0.626. The monoisotopic (exact) mass is 262 g/mol. The molecule has 20 heavy (non-hydrogen) atoms. The summed E-state index contributed by atoms with van der Waals surface area (Å²) >= 11 is 0. The molecule has 0 amide bonds. The summed E-state index contributed by atoms with van der Waals surface area (Å²) < 4.78 is 1.96. The first-order chi connectivity index (χ1) is 9.69. The fourth-order valence-electron chi connectivity index (χ4n) is 2.28. The average Bonchev–Trinajstić information content (AvgIpc) is 2.78. The number of hydrogen-bond acceptors (Lipinski definition) is 3. The molecule has 0 saturated carbocycles. The molecule has 0 bridgehead atoms. The van der Waals surface area contributed by atoms with E-state index in [9.17, 15) is 5.26 Å². The van der Waals surface area contributed by atoms with Gasteiger partial charge >= 0.3 is 0 Å². The van der Waals surface area contributed by atoms with E-state index in [1.165, 1.54) is 0 Å². The third-order valence-corrected chi connectivity index (χ3v) is 3.33. The zero-order valence-corrected chi connectivity index (χ0v) is 11.4. The number of anilines is 1. The second-order valence-corrected chi connectivity index (χ2v) is 4.75. The van der Waals surface area contributed by atoms with Crippen molar-refractivity contribution >= 4 is 16.7 Å². The fourth-order valence-corrected chi connectivity index (χ4v) is 2.28. The average molecular weight is 262 g/mol. The van der Waals surface area contributed by atoms with Gasteiger partial charge in [0.1, 0.15) is 5.82 Å². The van der Waals surface area contributed by atoms with Crippen molar-refractivity contribution in [1.82, 2.24) is 9.66 Å². The van der Waals surface area contributed by atoms with E-state index < -0.39 is 0 Å². The van der Waals surface area contributed by atoms with Crippen molar-refractivity contribution in [3.63, 3.8) is 0 Å². The van der Waals surface area contributed by atoms with Crippen LogP contribution in [-0.2, 0) is 0 Å². The van der Waals surface area contributed by atoms with Gasteiger partial charge in [0.2, 0.25) is 0 Å². The molecule has 0 saturated heterocycles. The van der Waals surface area contributed by atoms with E-state index >= 15 is 0 Å². The molecular formula is C16H14N4. The number of para-hydroxylation sites is 1. The SMILES string of the molecule is Cc1ccc(C)n1Nc1cc(C#N)c2ccccc2n1. The van der Waals surface area contributed by atoms with Crippen molar-refractivity contribution in [3.8, 4) is 6.07 Å². The lowest BCUT2D eigenvalue weighted by Gasteiger charge is -2.13. The van der Waals surface area contributed by atoms with Crippen molar-refractivity contribution in [2.75, 3.05) is 5.43 Å². The number of pyridine rings is 1. The number of rotatable bonds is 2. The summed E-state index contributed by atoms with van der Waals surface area (Å²) in [5.41, 5.74) is 6.87. The van der Waals surface area contributed by atoms with Crippen LogP contribution in [0.1, 0.15) is 17.0 Å². The summed E-state index contributed by atoms with van der Waals surface area (Å²) in [5.74, 6) is 0.669. The molecule has 0 aliphatic heterocycles. The minimum absolute atomic E-state index is 0.626. The zero-order chi connectivity index (χ0) is 14.1. The Morgan fingerprint density at radius 2 is 1.80 bits per heavy atom. The summed E-state index contributed by atoms with van der Waals surface area (Å²) in [6, 6.07) is 15.7. The van der Waals surface area contributed by atoms with Crippen LogP contribution in [0.4, 0.5) is 5.82 Å². The van der Waals surface area contributed by atoms with Gasteiger partial charge in [-0.1, -0.05) is 18.2 Å². The number of aryl methyl sites for hydroxylation is 2. The van der Waals surface area contributed by atoms with Gasteiger partial charge in [0.25, 0.3) is 0 Å². The van der Waals surface area contributed by atoms with Gasteiger partial charge in [0, 0.05) is 22.8 Å². The summed E-state index contributed by atoms with van der Waals surface area (Å²) in [6.45, 7) is 4.04. The van der Waals surface area contributed by atoms with Crippen LogP contribution in [0.2, 0.25) is 0 Å². The second-order valence-electron chi connectivity index (χ2n) is 4.75. The Morgan fingerprint density at radius 3 is 2.50 bits per heavy atom. The van der Waals surface area contributed by atoms with Crippen LogP contribution >= 0.6 is 0 Å². The van der Waals surface area contributed by atoms with E-state index in [2.05, 4.69) is 16.5 Å². The number of aromatic nitrogens is 2. The van der Waals surface area contributed by atoms with E-state index in [0.29, 0.717) is 11.4 Å². The number of hydrogen-bond donors (Lipinski definition) is 1. The van der Waals surface area contributed by atoms with Crippen molar-refractivity contribution in [2.45, 2.75) is 13.8 Å². The molecular weight excluding hydrogens is 248 g/mol. The molecule has 0 unspecified atom stereocenters. The van der Waals surface area contributed by atoms with Gasteiger partial charge in [-0.15, -0.1) is 0 Å². The van der Waals surface area contributed by atoms with Gasteiger partial charge in [0.15, 0.2) is 0 Å². The lowest BCUT2D eigenvalue weighted by atomic mass is 10.1. The first kappa shape index (κ1) is 12.2. The number of nitrogens with zero attached hydrogens (tertiary/aromatic N) is 3. The molecule has 0 fully saturated rings. The summed E-state index contributed by atoms with van der Waals surface area (Å²) in [4.78, 5) is 4.56. The normalized spacial score (nSPS) is 10.4. The highest BCUT2D eigenvalue weighted by molar-refractivity contribution is 5.86. The van der Waals surface area contributed by atoms with Gasteiger partial charge in [-0.2, -0.15) is 5.26 Å². The summed E-state index contributed by atoms with van der Waals surface area (Å²) in [6.07, 6.45) is 0. The van der Waals surface area contributed by atoms with Crippen LogP contribution in [0.25, 0.3) is 10.9 Å². The third-order valence-electron chi connectivity index (χ3n) is 3.33. The van der Waals surface area contributed by atoms with Gasteiger partial charge in [-0.05, 0) is 32.0 Å². The molecule has 3 aromatic rings. The standard InChI is InChI=1S/C16H14N4/c1-11-7-8-12(2)20(11)19-16-9-13(10-17)14-5-3-4-6-15(14)18-16/h3-9H,1-2H3,(H,18,19). The van der Waals surface area contributed by atoms with E-state index in [1.54, 1.807) is 6.07 Å². The zero-order valence-electron chi connectivity index (χ0n) is 11.4. The predicted molar refractivity (Wildman–Crippen MR) is 79.4 cm³/mol. The Bertz CT molecular complexity index is 805. The maximum absolute atomic E-state index is 9.28. The van der Waals surface area contributed by atoms with Crippen LogP contribution in [0, 0.1) is 25.2 Å². The molecule has 0 atom stereocenters. The number of benzene rings is 1. The van der Waals surface area contributed by atoms with E-state index in [-0.39, 0.29) is 0 Å². The summed E-state index contributed by atoms with van der Waals surface area (Å²) in [7, 11) is 0. The maximum Gasteiger partial charge on any atom is 0.146 e. The summed E-state index contributed by atoms with van der Waals surface area (Å²) in [5, 5.41) is 10.2. The molecule has 1 N–H and O–H groups in total. The van der Waals surface area contributed by atoms with Gasteiger partial charge in [0.05, 0.1) is 17.1 Å². The van der Waals surface area contributed by atoms with Crippen molar-refractivity contribution < 1.29 is 0 Å². The molecule has 98 valence electrons. The molecule has 3 rings (SSSR count). The smallest absolute Gasteiger partial charge is 0.146 e. The van der Waals surface area contributed by atoms with Crippen molar-refractivity contribution in [2.24, 2.45) is 0 Å². The van der Waals surface area contributed by atoms with Crippen molar-refractivity contribution in [1.29, 1.82) is 5.26 Å². The van der Waals surface area contributed by atoms with Crippen LogP contribution in [0.3, 0.4) is 0 Å². The van der Waals surface area contributed by atoms with E-state index in [0.717, 1.165) is 22.3 Å². The number of nitrogens with one attached hydrogen (secondary N) is 1. The first-order valence-electron chi connectivity index (χ1n) is 6.41. The largest absolute Gasteiger partial charge is 0.278 e. The Balaban J connectivity index is 2.11. The molecule has 0 radical (unpaired) electrons. The highest BCUT2D eigenvalue weighted by Crippen LogP contribution is 2.20. The minimum Gasteiger partial charge on any atom is -0.278 e. The van der Waals surface area contributed by atoms with Gasteiger partial charge < -0.3 is 0 Å². The Labute approximate surface area is 117 Å². The molecule has 0 aliphatic carbocycles. The van der Waals surface area contributed by atoms with Gasteiger partial charge in [-0.3, -0.25) is 10.1 Å². The third kappa shape index (κ3) is 1.99. The molecule has 0 spiro atoms. The first-order valence-corrected chi connectivity index (χ1v) is 6.41. The molecule has 1 aromatic carbocycles. The second kappa shape index (κ2) is 4.71. The lowest BCUT2D eigenvalue weighted by molar-refractivity contribution is 0.873. The van der Waals surface area contributed by atoms with E-state index in [4.69, 9.17) is 0 Å². The Kier molecular flexibility index (Phi) is 2.88. The van der Waals surface area contributed by atoms with Crippen LogP contribution in [0.5, 0.6) is 0 Å².